The number of anilines is 1. The summed E-state index contributed by atoms with van der Waals surface area (Å²) in [5.74, 6) is -0.493. The average Bonchev–Trinajstić information content (AvgIpc) is 3.08. The molecule has 1 aliphatic heterocycles. The lowest BCUT2D eigenvalue weighted by Crippen LogP contribution is -2.35. The van der Waals surface area contributed by atoms with Gasteiger partial charge in [0.2, 0.25) is 0 Å². The predicted molar refractivity (Wildman–Crippen MR) is 114 cm³/mol. The van der Waals surface area contributed by atoms with E-state index in [0.29, 0.717) is 22.7 Å². The number of methoxy groups -OCH3 is 1. The van der Waals surface area contributed by atoms with E-state index in [4.69, 9.17) is 9.47 Å². The molecular weight excluding hydrogens is 399 g/mol. The number of benzene rings is 3. The van der Waals surface area contributed by atoms with Crippen LogP contribution < -0.4 is 19.9 Å². The number of nitrogens with zero attached hydrogens (tertiary/aromatic N) is 1. The highest BCUT2D eigenvalue weighted by atomic mass is 19.1. The second-order valence-electron chi connectivity index (χ2n) is 6.77. The van der Waals surface area contributed by atoms with E-state index >= 15 is 0 Å². The highest BCUT2D eigenvalue weighted by Crippen LogP contribution is 2.34. The summed E-state index contributed by atoms with van der Waals surface area (Å²) in [6.07, 6.45) is 1.48. The summed E-state index contributed by atoms with van der Waals surface area (Å²) in [5.41, 5.74) is 4.37. The van der Waals surface area contributed by atoms with Crippen molar-refractivity contribution in [2.45, 2.75) is 6.61 Å². The van der Waals surface area contributed by atoms with Gasteiger partial charge in [-0.05, 0) is 42.0 Å². The highest BCUT2D eigenvalue weighted by Gasteiger charge is 2.34. The van der Waals surface area contributed by atoms with Crippen molar-refractivity contribution in [2.24, 2.45) is 0 Å². The molecule has 7 heteroatoms. The van der Waals surface area contributed by atoms with Crippen LogP contribution in [0.5, 0.6) is 11.5 Å². The maximum Gasteiger partial charge on any atom is 0.282 e. The lowest BCUT2D eigenvalue weighted by molar-refractivity contribution is -0.117. The lowest BCUT2D eigenvalue weighted by Gasteiger charge is -2.14. The molecule has 0 aromatic heterocycles. The Labute approximate surface area is 178 Å². The number of hydrogen-bond acceptors (Lipinski definition) is 4. The van der Waals surface area contributed by atoms with Gasteiger partial charge in [0, 0.05) is 5.56 Å². The first-order valence-corrected chi connectivity index (χ1v) is 9.53. The first kappa shape index (κ1) is 20.2. The second-order valence-corrected chi connectivity index (χ2v) is 6.77. The number of halogens is 1. The molecule has 0 bridgehead atoms. The largest absolute Gasteiger partial charge is 0.493 e. The van der Waals surface area contributed by atoms with Crippen molar-refractivity contribution in [2.75, 3.05) is 12.1 Å². The van der Waals surface area contributed by atoms with Crippen molar-refractivity contribution in [1.82, 2.24) is 5.43 Å². The fourth-order valence-electron chi connectivity index (χ4n) is 3.17. The summed E-state index contributed by atoms with van der Waals surface area (Å²) in [6, 6.07) is 20.0. The number of carbonyl (C=O) groups is 2. The van der Waals surface area contributed by atoms with Gasteiger partial charge in [0.15, 0.2) is 11.5 Å². The Morgan fingerprint density at radius 1 is 0.968 bits per heavy atom. The normalized spacial score (nSPS) is 14.6. The van der Waals surface area contributed by atoms with E-state index in [0.717, 1.165) is 5.56 Å². The third kappa shape index (κ3) is 4.25. The number of amides is 2. The number of hydrazine groups is 1. The van der Waals surface area contributed by atoms with Crippen molar-refractivity contribution in [3.8, 4) is 11.5 Å². The molecule has 1 heterocycles. The molecule has 1 aliphatic rings. The first-order chi connectivity index (χ1) is 15.1. The zero-order valence-corrected chi connectivity index (χ0v) is 16.7. The number of rotatable bonds is 6. The Morgan fingerprint density at radius 3 is 2.42 bits per heavy atom. The van der Waals surface area contributed by atoms with Gasteiger partial charge in [-0.2, -0.15) is 0 Å². The van der Waals surface area contributed by atoms with Crippen LogP contribution in [0.2, 0.25) is 0 Å². The van der Waals surface area contributed by atoms with E-state index < -0.39 is 11.8 Å². The summed E-state index contributed by atoms with van der Waals surface area (Å²) in [7, 11) is 1.50. The molecule has 2 amide bonds. The molecule has 0 unspecified atom stereocenters. The van der Waals surface area contributed by atoms with Gasteiger partial charge in [-0.25, -0.2) is 9.40 Å². The fraction of sp³-hybridized carbons (Fsp3) is 0.0833. The van der Waals surface area contributed by atoms with Gasteiger partial charge in [-0.15, -0.1) is 0 Å². The Balaban J connectivity index is 1.64. The fourth-order valence-corrected chi connectivity index (χ4v) is 3.17. The van der Waals surface area contributed by atoms with Crippen molar-refractivity contribution in [3.05, 3.63) is 95.3 Å². The van der Waals surface area contributed by atoms with Gasteiger partial charge >= 0.3 is 0 Å². The summed E-state index contributed by atoms with van der Waals surface area (Å²) < 4.78 is 24.5. The van der Waals surface area contributed by atoms with Gasteiger partial charge < -0.3 is 9.47 Å². The van der Waals surface area contributed by atoms with Crippen LogP contribution >= 0.6 is 0 Å². The van der Waals surface area contributed by atoms with E-state index in [1.54, 1.807) is 54.6 Å². The lowest BCUT2D eigenvalue weighted by atomic mass is 10.1. The minimum absolute atomic E-state index is 0.0243. The quantitative estimate of drug-likeness (QED) is 0.487. The molecule has 1 saturated heterocycles. The molecule has 3 aromatic carbocycles. The molecule has 0 radical (unpaired) electrons. The molecule has 1 N–H and O–H groups in total. The van der Waals surface area contributed by atoms with Crippen LogP contribution in [-0.2, 0) is 16.2 Å². The van der Waals surface area contributed by atoms with Gasteiger partial charge in [-0.3, -0.25) is 15.0 Å². The van der Waals surface area contributed by atoms with Crippen LogP contribution in [0.4, 0.5) is 10.1 Å². The molecule has 0 spiro atoms. The molecule has 0 saturated carbocycles. The van der Waals surface area contributed by atoms with Gasteiger partial charge in [0.05, 0.1) is 12.8 Å². The molecule has 31 heavy (non-hydrogen) atoms. The maximum absolute atomic E-state index is 13.1. The number of hydrogen-bond donors (Lipinski definition) is 1. The van der Waals surface area contributed by atoms with Gasteiger partial charge in [-0.1, -0.05) is 42.5 Å². The van der Waals surface area contributed by atoms with Crippen molar-refractivity contribution < 1.29 is 23.5 Å². The van der Waals surface area contributed by atoms with Gasteiger partial charge in [0.1, 0.15) is 18.0 Å². The molecular formula is C24H19FN2O4. The minimum atomic E-state index is -0.513. The van der Waals surface area contributed by atoms with Gasteiger partial charge in [0.25, 0.3) is 11.8 Å². The van der Waals surface area contributed by atoms with Crippen LogP contribution in [0.15, 0.2) is 78.4 Å². The van der Waals surface area contributed by atoms with Crippen molar-refractivity contribution in [1.29, 1.82) is 0 Å². The highest BCUT2D eigenvalue weighted by molar-refractivity contribution is 6.31. The van der Waals surface area contributed by atoms with Crippen LogP contribution in [0.1, 0.15) is 11.1 Å². The topological polar surface area (TPSA) is 67.9 Å². The van der Waals surface area contributed by atoms with Crippen LogP contribution in [0.25, 0.3) is 6.08 Å². The van der Waals surface area contributed by atoms with Crippen LogP contribution in [-0.4, -0.2) is 18.9 Å². The Bertz CT molecular complexity index is 1140. The predicted octanol–water partition coefficient (Wildman–Crippen LogP) is 3.87. The van der Waals surface area contributed by atoms with Crippen molar-refractivity contribution >= 4 is 23.6 Å². The monoisotopic (exact) mass is 418 g/mol. The number of nitrogens with one attached hydrogen (secondary N) is 1. The SMILES string of the molecule is COc1cccc(/C=C2/C(=O)NN(c3ccccc3)C2=O)c1OCc1ccc(F)cc1. The standard InChI is InChI=1S/C24H19FN2O4/c1-30-21-9-5-6-17(22(21)31-15-16-10-12-18(25)13-11-16)14-20-23(28)26-27(24(20)29)19-7-3-2-4-8-19/h2-14H,15H2,1H3,(H,26,28)/b20-14-. The number of carbonyl (C=O) groups excluding carboxylic acids is 2. The molecule has 1 fully saturated rings. The molecule has 6 nitrogen and oxygen atoms in total. The average molecular weight is 418 g/mol. The smallest absolute Gasteiger partial charge is 0.282 e. The summed E-state index contributed by atoms with van der Waals surface area (Å²) >= 11 is 0. The zero-order valence-electron chi connectivity index (χ0n) is 16.7. The Kier molecular flexibility index (Phi) is 5.66. The van der Waals surface area contributed by atoms with Crippen LogP contribution in [0.3, 0.4) is 0 Å². The van der Waals surface area contributed by atoms with E-state index in [2.05, 4.69) is 5.43 Å². The van der Waals surface area contributed by atoms with E-state index in [1.807, 2.05) is 6.07 Å². The number of ether oxygens (including phenoxy) is 2. The molecule has 0 atom stereocenters. The summed E-state index contributed by atoms with van der Waals surface area (Å²) in [6.45, 7) is 0.160. The Hall–Kier alpha value is -4.13. The van der Waals surface area contributed by atoms with E-state index in [-0.39, 0.29) is 18.0 Å². The van der Waals surface area contributed by atoms with Crippen molar-refractivity contribution in [3.63, 3.8) is 0 Å². The van der Waals surface area contributed by atoms with E-state index in [9.17, 15) is 14.0 Å². The second kappa shape index (κ2) is 8.71. The molecule has 3 aromatic rings. The first-order valence-electron chi connectivity index (χ1n) is 9.53. The maximum atomic E-state index is 13.1. The van der Waals surface area contributed by atoms with Crippen LogP contribution in [0, 0.1) is 5.82 Å². The minimum Gasteiger partial charge on any atom is -0.493 e. The zero-order chi connectivity index (χ0) is 21.8. The molecule has 156 valence electrons. The van der Waals surface area contributed by atoms with E-state index in [1.165, 1.54) is 30.3 Å². The Morgan fingerprint density at radius 2 is 1.71 bits per heavy atom. The summed E-state index contributed by atoms with van der Waals surface area (Å²) in [5, 5.41) is 1.20. The third-order valence-electron chi connectivity index (χ3n) is 4.73. The number of para-hydroxylation sites is 2. The molecule has 0 aliphatic carbocycles. The summed E-state index contributed by atoms with van der Waals surface area (Å²) in [4.78, 5) is 25.4. The molecule has 4 rings (SSSR count). The third-order valence-corrected chi connectivity index (χ3v) is 4.73.